The zero-order valence-electron chi connectivity index (χ0n) is 7.58. The lowest BCUT2D eigenvalue weighted by Crippen LogP contribution is -3.99. The van der Waals surface area contributed by atoms with E-state index in [-0.39, 0.29) is 0 Å². The quantitative estimate of drug-likeness (QED) is 0.388. The monoisotopic (exact) mass is 472 g/mol. The molecule has 1 aromatic rings. The largest absolute Gasteiger partial charge is 0.575 e. The summed E-state index contributed by atoms with van der Waals surface area (Å²) in [5.74, 6) is -3.48. The van der Waals surface area contributed by atoms with Crippen LogP contribution >= 0.6 is 0 Å². The standard InChI is InChI=1S/C6H2I2O9/c9-5(16-7(11)12)3-1-2-15-4(3)6(10)17-8(13)14/h1-2H. The predicted molar refractivity (Wildman–Crippen MR) is 29.5 cm³/mol. The summed E-state index contributed by atoms with van der Waals surface area (Å²) < 4.78 is 53.1. The summed E-state index contributed by atoms with van der Waals surface area (Å²) in [6.07, 6.45) is 0.884. The van der Waals surface area contributed by atoms with Crippen molar-refractivity contribution >= 4 is 11.9 Å². The first kappa shape index (κ1) is 14.6. The lowest BCUT2D eigenvalue weighted by Gasteiger charge is -1.94. The molecule has 9 nitrogen and oxygen atoms in total. The molecule has 1 heterocycles. The summed E-state index contributed by atoms with van der Waals surface area (Å²) in [6, 6.07) is 0.951. The van der Waals surface area contributed by atoms with E-state index in [1.54, 1.807) is 0 Å². The molecule has 0 unspecified atom stereocenters. The van der Waals surface area contributed by atoms with Crippen molar-refractivity contribution in [1.82, 2.24) is 0 Å². The summed E-state index contributed by atoms with van der Waals surface area (Å²) in [5.41, 5.74) is -0.526. The van der Waals surface area contributed by atoms with Crippen LogP contribution in [0.25, 0.3) is 0 Å². The van der Waals surface area contributed by atoms with Crippen LogP contribution in [0.5, 0.6) is 0 Å². The molecule has 0 aromatic carbocycles. The molecular weight excluding hydrogens is 470 g/mol. The average molecular weight is 472 g/mol. The van der Waals surface area contributed by atoms with Gasteiger partial charge in [0, 0.05) is 0 Å². The minimum absolute atomic E-state index is 0.526. The van der Waals surface area contributed by atoms with Crippen molar-refractivity contribution < 1.29 is 76.0 Å². The Morgan fingerprint density at radius 3 is 2.12 bits per heavy atom. The highest BCUT2D eigenvalue weighted by atomic mass is 127. The van der Waals surface area contributed by atoms with Crippen LogP contribution in [0.1, 0.15) is 20.9 Å². The molecule has 0 radical (unpaired) electrons. The van der Waals surface area contributed by atoms with Gasteiger partial charge in [0.05, 0.1) is 6.26 Å². The van der Waals surface area contributed by atoms with Crippen molar-refractivity contribution in [3.05, 3.63) is 23.7 Å². The minimum Gasteiger partial charge on any atom is -0.456 e. The highest BCUT2D eigenvalue weighted by Crippen LogP contribution is 2.11. The summed E-state index contributed by atoms with van der Waals surface area (Å²) in [5, 5.41) is 0. The lowest BCUT2D eigenvalue weighted by atomic mass is 10.2. The summed E-state index contributed by atoms with van der Waals surface area (Å²) in [6.45, 7) is 0. The van der Waals surface area contributed by atoms with Crippen molar-refractivity contribution in [1.29, 1.82) is 0 Å². The molecule has 0 N–H and O–H groups in total. The maximum absolute atomic E-state index is 11.1. The van der Waals surface area contributed by atoms with Crippen LogP contribution in [-0.4, -0.2) is 11.9 Å². The van der Waals surface area contributed by atoms with Gasteiger partial charge in [0.25, 0.3) is 0 Å². The Morgan fingerprint density at radius 1 is 1.06 bits per heavy atom. The van der Waals surface area contributed by atoms with Gasteiger partial charge in [-0.3, -0.25) is 0 Å². The van der Waals surface area contributed by atoms with Gasteiger partial charge >= 0.3 is 54.1 Å². The second kappa shape index (κ2) is 6.45. The van der Waals surface area contributed by atoms with E-state index in [0.29, 0.717) is 0 Å². The van der Waals surface area contributed by atoms with E-state index in [0.717, 1.165) is 12.3 Å². The third-order valence-electron chi connectivity index (χ3n) is 1.34. The first-order chi connectivity index (χ1) is 7.91. The number of hydrogen-bond donors (Lipinski definition) is 0. The summed E-state index contributed by atoms with van der Waals surface area (Å²) in [7, 11) is 0. The van der Waals surface area contributed by atoms with E-state index >= 15 is 0 Å². The van der Waals surface area contributed by atoms with Crippen molar-refractivity contribution in [2.75, 3.05) is 0 Å². The molecular formula is C6H2I2O9. The molecule has 0 saturated heterocycles. The smallest absolute Gasteiger partial charge is 0.456 e. The minimum atomic E-state index is -4.29. The third kappa shape index (κ3) is 4.36. The molecule has 0 saturated carbocycles. The van der Waals surface area contributed by atoms with Crippen LogP contribution in [0, 0.1) is 0 Å². The average Bonchev–Trinajstić information content (AvgIpc) is 2.63. The van der Waals surface area contributed by atoms with Gasteiger partial charge in [-0.05, 0) is 6.07 Å². The van der Waals surface area contributed by atoms with E-state index in [2.05, 4.69) is 10.5 Å². The maximum Gasteiger partial charge on any atom is 0.575 e. The van der Waals surface area contributed by atoms with E-state index in [1.165, 1.54) is 0 Å². The Balaban J connectivity index is 2.85. The molecule has 0 atom stereocenters. The first-order valence-corrected chi connectivity index (χ1v) is 8.84. The third-order valence-corrected chi connectivity index (χ3v) is 2.86. The fourth-order valence-corrected chi connectivity index (χ4v) is 1.91. The highest BCUT2D eigenvalue weighted by Gasteiger charge is 2.34. The zero-order valence-corrected chi connectivity index (χ0v) is 11.9. The van der Waals surface area contributed by atoms with Gasteiger partial charge in [-0.1, -0.05) is 3.07 Å². The molecule has 0 aliphatic rings. The zero-order chi connectivity index (χ0) is 13.0. The Bertz CT molecular complexity index is 375. The number of carbonyl (C=O) groups excluding carboxylic acids is 2. The van der Waals surface area contributed by atoms with Crippen LogP contribution in [-0.2, 0) is 6.13 Å². The van der Waals surface area contributed by atoms with E-state index in [9.17, 15) is 23.3 Å². The normalized spacial score (nSPS) is 10.7. The highest BCUT2D eigenvalue weighted by molar-refractivity contribution is 6.00. The Kier molecular flexibility index (Phi) is 5.53. The van der Waals surface area contributed by atoms with Crippen LogP contribution in [0.2, 0.25) is 0 Å². The van der Waals surface area contributed by atoms with Gasteiger partial charge < -0.3 is 18.2 Å². The van der Waals surface area contributed by atoms with Gasteiger partial charge in [-0.15, -0.1) is 3.07 Å². The van der Waals surface area contributed by atoms with Crippen LogP contribution in [0.3, 0.4) is 0 Å². The molecule has 17 heavy (non-hydrogen) atoms. The van der Waals surface area contributed by atoms with Gasteiger partial charge in [0.2, 0.25) is 5.76 Å². The van der Waals surface area contributed by atoms with Gasteiger partial charge in [0.15, 0.2) is 0 Å². The van der Waals surface area contributed by atoms with E-state index < -0.39 is 65.4 Å². The van der Waals surface area contributed by atoms with Crippen molar-refractivity contribution in [3.8, 4) is 0 Å². The molecule has 0 amide bonds. The summed E-state index contributed by atoms with van der Waals surface area (Å²) in [4.78, 5) is 22.2. The van der Waals surface area contributed by atoms with Crippen molar-refractivity contribution in [3.63, 3.8) is 0 Å². The Morgan fingerprint density at radius 2 is 1.59 bits per heavy atom. The second-order valence-corrected chi connectivity index (χ2v) is 5.31. The maximum atomic E-state index is 11.1. The molecule has 94 valence electrons. The Hall–Kier alpha value is -0.480. The molecule has 0 spiro atoms. The number of halogens is 2. The fraction of sp³-hybridized carbons (Fsp3) is 0. The molecule has 1 rings (SSSR count). The topological polar surface area (TPSA) is 158 Å². The van der Waals surface area contributed by atoms with Gasteiger partial charge in [-0.2, -0.15) is 0 Å². The predicted octanol–water partition coefficient (Wildman–Crippen LogP) is -10.2. The number of rotatable bonds is 4. The van der Waals surface area contributed by atoms with Crippen molar-refractivity contribution in [2.45, 2.75) is 0 Å². The van der Waals surface area contributed by atoms with E-state index in [1.807, 2.05) is 0 Å². The van der Waals surface area contributed by atoms with Gasteiger partial charge in [-0.25, -0.2) is 9.59 Å². The molecule has 0 aliphatic heterocycles. The first-order valence-electron chi connectivity index (χ1n) is 3.55. The molecule has 0 fully saturated rings. The van der Waals surface area contributed by atoms with E-state index in [4.69, 9.17) is 0 Å². The Labute approximate surface area is 111 Å². The summed E-state index contributed by atoms with van der Waals surface area (Å²) >= 11 is -8.56. The van der Waals surface area contributed by atoms with Crippen LogP contribution in [0.15, 0.2) is 16.7 Å². The number of hydrogen-bond acceptors (Lipinski definition) is 9. The number of furan rings is 1. The van der Waals surface area contributed by atoms with Gasteiger partial charge in [0.1, 0.15) is 5.56 Å². The fourth-order valence-electron chi connectivity index (χ4n) is 0.819. The molecule has 0 aliphatic carbocycles. The molecule has 1 aromatic heterocycles. The van der Waals surface area contributed by atoms with Crippen LogP contribution in [0.4, 0.5) is 0 Å². The number of carbonyl (C=O) groups is 2. The second-order valence-electron chi connectivity index (χ2n) is 2.27. The lowest BCUT2D eigenvalue weighted by molar-refractivity contribution is -1.62. The SMILES string of the molecule is O=C(O[I+2]([O-])[O-])c1ccoc1C(=O)O[I+2]([O-])[O-]. The molecule has 0 bridgehead atoms. The van der Waals surface area contributed by atoms with Crippen LogP contribution < -0.4 is 55.9 Å². The molecule has 11 heteroatoms. The van der Waals surface area contributed by atoms with Crippen molar-refractivity contribution in [2.24, 2.45) is 0 Å².